The second-order valence-corrected chi connectivity index (χ2v) is 5.62. The summed E-state index contributed by atoms with van der Waals surface area (Å²) >= 11 is 1.82. The van der Waals surface area contributed by atoms with Gasteiger partial charge in [0, 0.05) is 17.2 Å². The first-order chi connectivity index (χ1) is 8.13. The van der Waals surface area contributed by atoms with Gasteiger partial charge in [-0.3, -0.25) is 4.79 Å². The van der Waals surface area contributed by atoms with Crippen LogP contribution in [0.3, 0.4) is 0 Å². The lowest BCUT2D eigenvalue weighted by Gasteiger charge is -2.29. The van der Waals surface area contributed by atoms with Gasteiger partial charge in [-0.25, -0.2) is 0 Å². The van der Waals surface area contributed by atoms with Crippen molar-refractivity contribution in [3.05, 3.63) is 23.8 Å². The predicted octanol–water partition coefficient (Wildman–Crippen LogP) is 2.21. The number of hydrogen-bond donors (Lipinski definition) is 1. The van der Waals surface area contributed by atoms with Crippen molar-refractivity contribution in [3.63, 3.8) is 0 Å². The molecule has 1 aromatic rings. The van der Waals surface area contributed by atoms with Gasteiger partial charge in [0.15, 0.2) is 0 Å². The molecule has 3 nitrogen and oxygen atoms in total. The Morgan fingerprint density at radius 2 is 2.29 bits per heavy atom. The van der Waals surface area contributed by atoms with Crippen LogP contribution >= 0.6 is 11.8 Å². The van der Waals surface area contributed by atoms with Gasteiger partial charge < -0.3 is 10.6 Å². The van der Waals surface area contributed by atoms with E-state index in [9.17, 15) is 4.79 Å². The van der Waals surface area contributed by atoms with Crippen molar-refractivity contribution in [1.82, 2.24) is 0 Å². The van der Waals surface area contributed by atoms with Gasteiger partial charge in [-0.2, -0.15) is 0 Å². The molecule has 92 valence electrons. The number of thioether (sulfide) groups is 1. The van der Waals surface area contributed by atoms with E-state index in [1.807, 2.05) is 17.8 Å². The third kappa shape index (κ3) is 2.48. The zero-order chi connectivity index (χ0) is 12.4. The fourth-order valence-corrected chi connectivity index (χ4v) is 3.00. The molecule has 0 unspecified atom stereocenters. The topological polar surface area (TPSA) is 46.3 Å². The first-order valence-electron chi connectivity index (χ1n) is 5.90. The minimum absolute atomic E-state index is 0.00356. The zero-order valence-electron chi connectivity index (χ0n) is 10.3. The lowest BCUT2D eigenvalue weighted by molar-refractivity contribution is -0.117. The number of fused-ring (bicyclic) bond motifs is 1. The van der Waals surface area contributed by atoms with Crippen molar-refractivity contribution in [3.8, 4) is 0 Å². The standard InChI is InChI=1S/C13H18N2OS/c1-9(2)10-3-4-11-12(7-10)17-6-5-15(11)13(16)8-14/h3-4,7,9H,5-6,8,14H2,1-2H3. The Balaban J connectivity index is 2.36. The molecule has 0 fully saturated rings. The van der Waals surface area contributed by atoms with Crippen molar-refractivity contribution < 1.29 is 4.79 Å². The average molecular weight is 250 g/mol. The third-order valence-electron chi connectivity index (χ3n) is 2.99. The van der Waals surface area contributed by atoms with Gasteiger partial charge >= 0.3 is 0 Å². The number of carbonyl (C=O) groups excluding carboxylic acids is 1. The molecule has 2 rings (SSSR count). The Hall–Kier alpha value is -1.00. The number of nitrogens with two attached hydrogens (primary N) is 1. The molecule has 1 amide bonds. The van der Waals surface area contributed by atoms with E-state index in [4.69, 9.17) is 5.73 Å². The molecule has 1 aliphatic heterocycles. The van der Waals surface area contributed by atoms with Crippen LogP contribution in [0.5, 0.6) is 0 Å². The van der Waals surface area contributed by atoms with Crippen LogP contribution in [0.15, 0.2) is 23.1 Å². The molecule has 0 saturated carbocycles. The number of amides is 1. The summed E-state index contributed by atoms with van der Waals surface area (Å²) in [6.45, 7) is 5.20. The van der Waals surface area contributed by atoms with E-state index in [0.29, 0.717) is 5.92 Å². The maximum atomic E-state index is 11.7. The largest absolute Gasteiger partial charge is 0.322 e. The van der Waals surface area contributed by atoms with Crippen LogP contribution in [0, 0.1) is 0 Å². The van der Waals surface area contributed by atoms with Crippen LogP contribution in [-0.2, 0) is 4.79 Å². The van der Waals surface area contributed by atoms with E-state index in [1.165, 1.54) is 10.5 Å². The van der Waals surface area contributed by atoms with Crippen molar-refractivity contribution in [2.75, 3.05) is 23.7 Å². The molecule has 0 bridgehead atoms. The van der Waals surface area contributed by atoms with Gasteiger partial charge in [0.25, 0.3) is 0 Å². The Morgan fingerprint density at radius 1 is 1.53 bits per heavy atom. The van der Waals surface area contributed by atoms with Gasteiger partial charge in [-0.15, -0.1) is 11.8 Å². The highest BCUT2D eigenvalue weighted by Crippen LogP contribution is 2.36. The van der Waals surface area contributed by atoms with E-state index < -0.39 is 0 Å². The SMILES string of the molecule is CC(C)c1ccc2c(c1)SCCN2C(=O)CN. The summed E-state index contributed by atoms with van der Waals surface area (Å²) in [7, 11) is 0. The van der Waals surface area contributed by atoms with Gasteiger partial charge in [0.05, 0.1) is 12.2 Å². The normalized spacial score (nSPS) is 14.9. The van der Waals surface area contributed by atoms with E-state index >= 15 is 0 Å². The van der Waals surface area contributed by atoms with Crippen LogP contribution in [-0.4, -0.2) is 24.7 Å². The van der Waals surface area contributed by atoms with Gasteiger partial charge in [0.1, 0.15) is 0 Å². The van der Waals surface area contributed by atoms with Crippen LogP contribution < -0.4 is 10.6 Å². The molecular formula is C13H18N2OS. The average Bonchev–Trinajstić information content (AvgIpc) is 2.36. The van der Waals surface area contributed by atoms with Crippen molar-refractivity contribution in [1.29, 1.82) is 0 Å². The number of rotatable bonds is 2. The molecule has 0 aliphatic carbocycles. The van der Waals surface area contributed by atoms with Crippen LogP contribution in [0.2, 0.25) is 0 Å². The summed E-state index contributed by atoms with van der Waals surface area (Å²) in [6.07, 6.45) is 0. The highest BCUT2D eigenvalue weighted by Gasteiger charge is 2.22. The number of benzene rings is 1. The first kappa shape index (κ1) is 12.5. The Bertz CT molecular complexity index is 431. The zero-order valence-corrected chi connectivity index (χ0v) is 11.1. The summed E-state index contributed by atoms with van der Waals surface area (Å²) in [5, 5.41) is 0. The highest BCUT2D eigenvalue weighted by molar-refractivity contribution is 7.99. The van der Waals surface area contributed by atoms with Crippen molar-refractivity contribution >= 4 is 23.4 Å². The van der Waals surface area contributed by atoms with Crippen LogP contribution in [0.4, 0.5) is 5.69 Å². The van der Waals surface area contributed by atoms with E-state index in [-0.39, 0.29) is 12.5 Å². The monoisotopic (exact) mass is 250 g/mol. The van der Waals surface area contributed by atoms with Crippen LogP contribution in [0.25, 0.3) is 0 Å². The van der Waals surface area contributed by atoms with Gasteiger partial charge in [-0.1, -0.05) is 19.9 Å². The number of anilines is 1. The number of nitrogens with zero attached hydrogens (tertiary/aromatic N) is 1. The van der Waals surface area contributed by atoms with E-state index in [2.05, 4.69) is 26.0 Å². The molecule has 17 heavy (non-hydrogen) atoms. The Labute approximate surface area is 106 Å². The van der Waals surface area contributed by atoms with Crippen molar-refractivity contribution in [2.45, 2.75) is 24.7 Å². The molecular weight excluding hydrogens is 232 g/mol. The molecule has 4 heteroatoms. The fraction of sp³-hybridized carbons (Fsp3) is 0.462. The molecule has 1 heterocycles. The lowest BCUT2D eigenvalue weighted by atomic mass is 10.0. The molecule has 0 atom stereocenters. The molecule has 1 aliphatic rings. The van der Waals surface area contributed by atoms with Gasteiger partial charge in [-0.05, 0) is 23.6 Å². The quantitative estimate of drug-likeness (QED) is 0.875. The molecule has 1 aromatic carbocycles. The summed E-state index contributed by atoms with van der Waals surface area (Å²) in [5.41, 5.74) is 7.77. The number of carbonyl (C=O) groups is 1. The van der Waals surface area contributed by atoms with E-state index in [0.717, 1.165) is 18.0 Å². The lowest BCUT2D eigenvalue weighted by Crippen LogP contribution is -2.39. The Morgan fingerprint density at radius 3 is 2.94 bits per heavy atom. The molecule has 2 N–H and O–H groups in total. The third-order valence-corrected chi connectivity index (χ3v) is 4.01. The molecule has 0 saturated heterocycles. The maximum absolute atomic E-state index is 11.7. The minimum Gasteiger partial charge on any atom is -0.322 e. The fourth-order valence-electron chi connectivity index (χ4n) is 1.97. The first-order valence-corrected chi connectivity index (χ1v) is 6.89. The second kappa shape index (κ2) is 5.10. The predicted molar refractivity (Wildman–Crippen MR) is 72.7 cm³/mol. The van der Waals surface area contributed by atoms with E-state index in [1.54, 1.807) is 4.90 Å². The summed E-state index contributed by atoms with van der Waals surface area (Å²) in [5.74, 6) is 1.46. The molecule has 0 aromatic heterocycles. The molecule has 0 radical (unpaired) electrons. The maximum Gasteiger partial charge on any atom is 0.240 e. The second-order valence-electron chi connectivity index (χ2n) is 4.48. The summed E-state index contributed by atoms with van der Waals surface area (Å²) in [4.78, 5) is 14.7. The summed E-state index contributed by atoms with van der Waals surface area (Å²) < 4.78 is 0. The highest BCUT2D eigenvalue weighted by atomic mass is 32.2. The van der Waals surface area contributed by atoms with Gasteiger partial charge in [0.2, 0.25) is 5.91 Å². The number of hydrogen-bond acceptors (Lipinski definition) is 3. The smallest absolute Gasteiger partial charge is 0.240 e. The van der Waals surface area contributed by atoms with Crippen LogP contribution in [0.1, 0.15) is 25.3 Å². The minimum atomic E-state index is 0.00356. The summed E-state index contributed by atoms with van der Waals surface area (Å²) in [6, 6.07) is 6.34. The molecule has 0 spiro atoms. The Kier molecular flexibility index (Phi) is 3.74. The van der Waals surface area contributed by atoms with Crippen molar-refractivity contribution in [2.24, 2.45) is 5.73 Å².